The third-order valence-corrected chi connectivity index (χ3v) is 3.76. The zero-order valence-electron chi connectivity index (χ0n) is 12.3. The quantitative estimate of drug-likeness (QED) is 0.609. The fourth-order valence-electron chi connectivity index (χ4n) is 1.80. The number of aryl methyl sites for hydroxylation is 1. The molecule has 0 spiro atoms. The molecule has 1 rings (SSSR count). The van der Waals surface area contributed by atoms with Crippen LogP contribution in [-0.2, 0) is 6.54 Å². The molecule has 1 atom stereocenters. The van der Waals surface area contributed by atoms with Gasteiger partial charge in [0.2, 0.25) is 0 Å². The van der Waals surface area contributed by atoms with Crippen LogP contribution in [0.3, 0.4) is 0 Å². The van der Waals surface area contributed by atoms with Gasteiger partial charge in [0.15, 0.2) is 0 Å². The molecule has 0 aliphatic heterocycles. The van der Waals surface area contributed by atoms with Crippen LogP contribution in [0, 0.1) is 16.0 Å². The van der Waals surface area contributed by atoms with Crippen molar-refractivity contribution >= 4 is 11.6 Å². The molecular formula is C13H22N4O3. The first-order valence-electron chi connectivity index (χ1n) is 6.62. The molecule has 0 aliphatic rings. The van der Waals surface area contributed by atoms with Gasteiger partial charge in [-0.2, -0.15) is 0 Å². The van der Waals surface area contributed by atoms with Crippen LogP contribution in [0.25, 0.3) is 0 Å². The number of rotatable bonds is 6. The summed E-state index contributed by atoms with van der Waals surface area (Å²) in [5, 5.41) is 13.7. The molecule has 1 heterocycles. The average Bonchev–Trinajstić information content (AvgIpc) is 2.82. The van der Waals surface area contributed by atoms with Gasteiger partial charge in [-0.3, -0.25) is 14.9 Å². The Morgan fingerprint density at radius 3 is 2.60 bits per heavy atom. The Hall–Kier alpha value is -1.89. The van der Waals surface area contributed by atoms with Crippen LogP contribution in [0.2, 0.25) is 0 Å². The van der Waals surface area contributed by atoms with Crippen LogP contribution in [0.4, 0.5) is 5.69 Å². The van der Waals surface area contributed by atoms with Crippen molar-refractivity contribution in [2.24, 2.45) is 11.7 Å². The van der Waals surface area contributed by atoms with Gasteiger partial charge < -0.3 is 15.6 Å². The lowest BCUT2D eigenvalue weighted by Crippen LogP contribution is -2.55. The van der Waals surface area contributed by atoms with Crippen molar-refractivity contribution in [3.05, 3.63) is 28.1 Å². The molecule has 20 heavy (non-hydrogen) atoms. The summed E-state index contributed by atoms with van der Waals surface area (Å²) in [5.74, 6) is -0.196. The Kier molecular flexibility index (Phi) is 4.88. The van der Waals surface area contributed by atoms with Gasteiger partial charge in [-0.25, -0.2) is 0 Å². The van der Waals surface area contributed by atoms with Crippen molar-refractivity contribution in [3.8, 4) is 0 Å². The average molecular weight is 282 g/mol. The Balaban J connectivity index is 3.06. The molecule has 0 aliphatic carbocycles. The largest absolute Gasteiger partial charge is 0.344 e. The molecule has 7 heteroatoms. The Labute approximate surface area is 118 Å². The van der Waals surface area contributed by atoms with E-state index in [1.807, 2.05) is 27.7 Å². The molecule has 112 valence electrons. The SMILES string of the molecule is CCn1cc([N+](=O)[O-])cc1C(=O)NC(C)(CN)C(C)C. The van der Waals surface area contributed by atoms with Crippen molar-refractivity contribution in [1.29, 1.82) is 0 Å². The van der Waals surface area contributed by atoms with E-state index in [-0.39, 0.29) is 23.2 Å². The summed E-state index contributed by atoms with van der Waals surface area (Å²) in [5.41, 5.74) is 5.37. The third kappa shape index (κ3) is 3.16. The van der Waals surface area contributed by atoms with Gasteiger partial charge in [-0.1, -0.05) is 13.8 Å². The fourth-order valence-corrected chi connectivity index (χ4v) is 1.80. The Morgan fingerprint density at radius 1 is 1.60 bits per heavy atom. The maximum atomic E-state index is 12.3. The van der Waals surface area contributed by atoms with E-state index in [9.17, 15) is 14.9 Å². The summed E-state index contributed by atoms with van der Waals surface area (Å²) < 4.78 is 1.56. The van der Waals surface area contributed by atoms with E-state index in [0.29, 0.717) is 13.1 Å². The van der Waals surface area contributed by atoms with Gasteiger partial charge in [0, 0.05) is 19.2 Å². The first-order chi connectivity index (χ1) is 9.25. The van der Waals surface area contributed by atoms with Gasteiger partial charge in [0.1, 0.15) is 5.69 Å². The number of amides is 1. The zero-order valence-corrected chi connectivity index (χ0v) is 12.3. The van der Waals surface area contributed by atoms with E-state index in [1.54, 1.807) is 4.57 Å². The van der Waals surface area contributed by atoms with Crippen molar-refractivity contribution in [2.45, 2.75) is 39.8 Å². The van der Waals surface area contributed by atoms with E-state index < -0.39 is 10.5 Å². The zero-order chi connectivity index (χ0) is 15.5. The summed E-state index contributed by atoms with van der Waals surface area (Å²) in [7, 11) is 0. The summed E-state index contributed by atoms with van der Waals surface area (Å²) in [6.07, 6.45) is 1.37. The van der Waals surface area contributed by atoms with E-state index in [0.717, 1.165) is 0 Å². The number of carbonyl (C=O) groups excluding carboxylic acids is 1. The molecule has 1 unspecified atom stereocenters. The molecule has 0 bridgehead atoms. The molecule has 0 saturated carbocycles. The second kappa shape index (κ2) is 6.04. The summed E-state index contributed by atoms with van der Waals surface area (Å²) >= 11 is 0. The molecule has 0 saturated heterocycles. The molecule has 1 aromatic rings. The standard InChI is InChI=1S/C13H22N4O3/c1-5-16-7-10(17(19)20)6-11(16)12(18)15-13(4,8-14)9(2)3/h6-7,9H,5,8,14H2,1-4H3,(H,15,18). The lowest BCUT2D eigenvalue weighted by molar-refractivity contribution is -0.384. The summed E-state index contributed by atoms with van der Waals surface area (Å²) in [4.78, 5) is 22.6. The summed E-state index contributed by atoms with van der Waals surface area (Å²) in [6.45, 7) is 8.40. The number of nitro groups is 1. The highest BCUT2D eigenvalue weighted by atomic mass is 16.6. The van der Waals surface area contributed by atoms with E-state index in [4.69, 9.17) is 5.73 Å². The molecule has 1 amide bonds. The second-order valence-electron chi connectivity index (χ2n) is 5.36. The lowest BCUT2D eigenvalue weighted by Gasteiger charge is -2.33. The van der Waals surface area contributed by atoms with Crippen molar-refractivity contribution < 1.29 is 9.72 Å². The third-order valence-electron chi connectivity index (χ3n) is 3.76. The Morgan fingerprint density at radius 2 is 2.20 bits per heavy atom. The van der Waals surface area contributed by atoms with Crippen molar-refractivity contribution in [1.82, 2.24) is 9.88 Å². The normalized spacial score (nSPS) is 14.1. The number of nitrogens with two attached hydrogens (primary N) is 1. The highest BCUT2D eigenvalue weighted by molar-refractivity contribution is 5.94. The van der Waals surface area contributed by atoms with Crippen LogP contribution in [-0.4, -0.2) is 27.5 Å². The highest BCUT2D eigenvalue weighted by Crippen LogP contribution is 2.19. The van der Waals surface area contributed by atoms with Crippen LogP contribution in [0.1, 0.15) is 38.2 Å². The first-order valence-corrected chi connectivity index (χ1v) is 6.62. The smallest absolute Gasteiger partial charge is 0.287 e. The van der Waals surface area contributed by atoms with Crippen molar-refractivity contribution in [2.75, 3.05) is 6.54 Å². The second-order valence-corrected chi connectivity index (χ2v) is 5.36. The molecular weight excluding hydrogens is 260 g/mol. The molecule has 1 aromatic heterocycles. The van der Waals surface area contributed by atoms with Gasteiger partial charge in [-0.15, -0.1) is 0 Å². The number of hydrogen-bond donors (Lipinski definition) is 2. The van der Waals surface area contributed by atoms with Gasteiger partial charge >= 0.3 is 0 Å². The van der Waals surface area contributed by atoms with E-state index in [1.165, 1.54) is 12.3 Å². The lowest BCUT2D eigenvalue weighted by atomic mass is 9.88. The van der Waals surface area contributed by atoms with Crippen LogP contribution in [0.15, 0.2) is 12.3 Å². The van der Waals surface area contributed by atoms with Crippen LogP contribution >= 0.6 is 0 Å². The fraction of sp³-hybridized carbons (Fsp3) is 0.615. The first kappa shape index (κ1) is 16.2. The summed E-state index contributed by atoms with van der Waals surface area (Å²) in [6, 6.07) is 1.29. The minimum atomic E-state index is -0.547. The van der Waals surface area contributed by atoms with Crippen LogP contribution in [0.5, 0.6) is 0 Å². The van der Waals surface area contributed by atoms with Gasteiger partial charge in [0.25, 0.3) is 11.6 Å². The Bertz CT molecular complexity index is 510. The predicted octanol–water partition coefficient (Wildman–Crippen LogP) is 1.52. The monoisotopic (exact) mass is 282 g/mol. The number of carbonyl (C=O) groups is 1. The minimum Gasteiger partial charge on any atom is -0.344 e. The molecule has 7 nitrogen and oxygen atoms in total. The number of nitrogens with zero attached hydrogens (tertiary/aromatic N) is 2. The minimum absolute atomic E-state index is 0.0870. The van der Waals surface area contributed by atoms with E-state index >= 15 is 0 Å². The topological polar surface area (TPSA) is 103 Å². The molecule has 0 aromatic carbocycles. The molecule has 0 fully saturated rings. The highest BCUT2D eigenvalue weighted by Gasteiger charge is 2.30. The predicted molar refractivity (Wildman–Crippen MR) is 76.5 cm³/mol. The van der Waals surface area contributed by atoms with Crippen LogP contribution < -0.4 is 11.1 Å². The maximum absolute atomic E-state index is 12.3. The molecule has 3 N–H and O–H groups in total. The number of nitrogens with one attached hydrogen (secondary N) is 1. The maximum Gasteiger partial charge on any atom is 0.287 e. The van der Waals surface area contributed by atoms with E-state index in [2.05, 4.69) is 5.32 Å². The number of hydrogen-bond acceptors (Lipinski definition) is 4. The molecule has 0 radical (unpaired) electrons. The van der Waals surface area contributed by atoms with Gasteiger partial charge in [-0.05, 0) is 19.8 Å². The van der Waals surface area contributed by atoms with Gasteiger partial charge in [0.05, 0.1) is 16.7 Å². The van der Waals surface area contributed by atoms with Crippen molar-refractivity contribution in [3.63, 3.8) is 0 Å². The number of aromatic nitrogens is 1.